The first-order valence-corrected chi connectivity index (χ1v) is 8.69. The Balaban J connectivity index is 2.04. The fourth-order valence-electron chi connectivity index (χ4n) is 2.07. The fraction of sp³-hybridized carbons (Fsp3) is 0.333. The molecule has 1 spiro atoms. The molecule has 0 amide bonds. The van der Waals surface area contributed by atoms with Crippen LogP contribution in [0.1, 0.15) is 19.3 Å². The zero-order valence-electron chi connectivity index (χ0n) is 8.56. The summed E-state index contributed by atoms with van der Waals surface area (Å²) in [6, 6.07) is 8.18. The summed E-state index contributed by atoms with van der Waals surface area (Å²) in [4.78, 5) is 24.2. The standard InChI is InChI=1S/C12H10O2Se2/c13-10-6-3-7-11(14)12(10)15-8-4-1-2-5-9(8)16-12/h1-2,4-5H,3,6-7H2. The van der Waals surface area contributed by atoms with E-state index in [2.05, 4.69) is 12.1 Å². The third-order valence-electron chi connectivity index (χ3n) is 2.90. The van der Waals surface area contributed by atoms with Crippen LogP contribution in [0.15, 0.2) is 24.3 Å². The van der Waals surface area contributed by atoms with Crippen molar-refractivity contribution < 1.29 is 9.59 Å². The molecule has 0 bridgehead atoms. The summed E-state index contributed by atoms with van der Waals surface area (Å²) in [6.07, 6.45) is 1.99. The van der Waals surface area contributed by atoms with Crippen LogP contribution in [0.5, 0.6) is 0 Å². The Hall–Kier alpha value is -0.401. The topological polar surface area (TPSA) is 34.1 Å². The van der Waals surface area contributed by atoms with Gasteiger partial charge in [0.1, 0.15) is 0 Å². The summed E-state index contributed by atoms with van der Waals surface area (Å²) < 4.78 is 2.00. The SMILES string of the molecule is O=C1CCCC(=O)C12[Se]c1ccccc1[Se]2. The first kappa shape index (κ1) is 10.7. The van der Waals surface area contributed by atoms with Crippen molar-refractivity contribution in [3.63, 3.8) is 0 Å². The Morgan fingerprint density at radius 3 is 1.94 bits per heavy atom. The van der Waals surface area contributed by atoms with Gasteiger partial charge in [-0.2, -0.15) is 0 Å². The molecule has 2 nitrogen and oxygen atoms in total. The predicted octanol–water partition coefficient (Wildman–Crippen LogP) is -0.203. The molecular weight excluding hydrogens is 334 g/mol. The number of hydrogen-bond acceptors (Lipinski definition) is 2. The number of benzene rings is 1. The number of hydrogen-bond donors (Lipinski definition) is 0. The van der Waals surface area contributed by atoms with Crippen LogP contribution in [0.2, 0.25) is 3.21 Å². The zero-order chi connectivity index (χ0) is 11.2. The second-order valence-corrected chi connectivity index (χ2v) is 10.5. The monoisotopic (exact) mass is 346 g/mol. The summed E-state index contributed by atoms with van der Waals surface area (Å²) in [7, 11) is 0. The van der Waals surface area contributed by atoms with Gasteiger partial charge in [-0.25, -0.2) is 0 Å². The zero-order valence-corrected chi connectivity index (χ0v) is 12.0. The number of fused-ring (bicyclic) bond motifs is 1. The molecule has 1 aromatic carbocycles. The molecular formula is C12H10O2Se2. The molecule has 1 heterocycles. The van der Waals surface area contributed by atoms with E-state index in [1.165, 1.54) is 8.92 Å². The van der Waals surface area contributed by atoms with Gasteiger partial charge in [0.05, 0.1) is 0 Å². The van der Waals surface area contributed by atoms with Crippen LogP contribution in [0.4, 0.5) is 0 Å². The Kier molecular flexibility index (Phi) is 2.56. The summed E-state index contributed by atoms with van der Waals surface area (Å²) in [6.45, 7) is 0. The first-order chi connectivity index (χ1) is 7.72. The average molecular weight is 344 g/mol. The molecule has 0 radical (unpaired) electrons. The Labute approximate surface area is 106 Å². The van der Waals surface area contributed by atoms with Crippen molar-refractivity contribution in [3.05, 3.63) is 24.3 Å². The van der Waals surface area contributed by atoms with Gasteiger partial charge >= 0.3 is 107 Å². The maximum atomic E-state index is 12.1. The predicted molar refractivity (Wildman–Crippen MR) is 63.8 cm³/mol. The van der Waals surface area contributed by atoms with Crippen molar-refractivity contribution in [1.82, 2.24) is 0 Å². The number of carbonyl (C=O) groups excluding carboxylic acids is 2. The van der Waals surface area contributed by atoms with Crippen molar-refractivity contribution in [1.29, 1.82) is 0 Å². The van der Waals surface area contributed by atoms with Crippen LogP contribution in [-0.2, 0) is 9.59 Å². The van der Waals surface area contributed by atoms with Crippen molar-refractivity contribution in [3.8, 4) is 0 Å². The van der Waals surface area contributed by atoms with E-state index in [0.717, 1.165) is 6.42 Å². The second kappa shape index (κ2) is 3.82. The molecule has 1 aliphatic carbocycles. The fourth-order valence-corrected chi connectivity index (χ4v) is 9.91. The summed E-state index contributed by atoms with van der Waals surface area (Å²) >= 11 is 0.0797. The quantitative estimate of drug-likeness (QED) is 0.483. The molecule has 1 aliphatic heterocycles. The Morgan fingerprint density at radius 2 is 1.44 bits per heavy atom. The average Bonchev–Trinajstić information content (AvgIpc) is 2.66. The van der Waals surface area contributed by atoms with Crippen LogP contribution in [0, 0.1) is 0 Å². The molecule has 0 atom stereocenters. The van der Waals surface area contributed by atoms with Crippen molar-refractivity contribution >= 4 is 50.4 Å². The third-order valence-corrected chi connectivity index (χ3v) is 10.9. The number of carbonyl (C=O) groups is 2. The van der Waals surface area contributed by atoms with Gasteiger partial charge in [-0.15, -0.1) is 0 Å². The van der Waals surface area contributed by atoms with Crippen LogP contribution in [0.3, 0.4) is 0 Å². The van der Waals surface area contributed by atoms with E-state index >= 15 is 0 Å². The minimum atomic E-state index is -0.554. The summed E-state index contributed by atoms with van der Waals surface area (Å²) in [5.41, 5.74) is 0. The van der Waals surface area contributed by atoms with Gasteiger partial charge in [0, 0.05) is 0 Å². The van der Waals surface area contributed by atoms with E-state index in [1.54, 1.807) is 0 Å². The first-order valence-electron chi connectivity index (χ1n) is 5.26. The number of rotatable bonds is 0. The molecule has 4 heteroatoms. The summed E-state index contributed by atoms with van der Waals surface area (Å²) in [5.74, 6) is 0.444. The molecule has 0 unspecified atom stereocenters. The van der Waals surface area contributed by atoms with Gasteiger partial charge < -0.3 is 0 Å². The van der Waals surface area contributed by atoms with E-state index in [-0.39, 0.29) is 41.5 Å². The van der Waals surface area contributed by atoms with Crippen molar-refractivity contribution in [2.45, 2.75) is 22.5 Å². The molecule has 0 N–H and O–H groups in total. The summed E-state index contributed by atoms with van der Waals surface area (Å²) in [5, 5.41) is 0. The van der Waals surface area contributed by atoms with Gasteiger partial charge in [0.15, 0.2) is 0 Å². The number of ketones is 2. The van der Waals surface area contributed by atoms with Gasteiger partial charge in [-0.05, 0) is 0 Å². The number of Topliss-reactive ketones (excluding diaryl/α,β-unsaturated/α-hetero) is 2. The van der Waals surface area contributed by atoms with Gasteiger partial charge in [0.25, 0.3) is 0 Å². The molecule has 82 valence electrons. The van der Waals surface area contributed by atoms with Crippen molar-refractivity contribution in [2.24, 2.45) is 0 Å². The molecule has 0 saturated heterocycles. The minimum absolute atomic E-state index is 0.0399. The Morgan fingerprint density at radius 1 is 0.938 bits per heavy atom. The van der Waals surface area contributed by atoms with E-state index in [0.29, 0.717) is 12.8 Å². The van der Waals surface area contributed by atoms with Crippen molar-refractivity contribution in [2.75, 3.05) is 0 Å². The normalized spacial score (nSPS) is 22.5. The third kappa shape index (κ3) is 1.45. The molecule has 1 fully saturated rings. The van der Waals surface area contributed by atoms with E-state index in [1.807, 2.05) is 12.1 Å². The van der Waals surface area contributed by atoms with E-state index in [9.17, 15) is 9.59 Å². The van der Waals surface area contributed by atoms with Gasteiger partial charge in [-0.1, -0.05) is 0 Å². The molecule has 1 aromatic rings. The van der Waals surface area contributed by atoms with E-state index < -0.39 is 3.21 Å². The van der Waals surface area contributed by atoms with Gasteiger partial charge in [0.2, 0.25) is 0 Å². The second-order valence-electron chi connectivity index (χ2n) is 3.97. The van der Waals surface area contributed by atoms with Crippen LogP contribution in [0.25, 0.3) is 0 Å². The van der Waals surface area contributed by atoms with E-state index in [4.69, 9.17) is 0 Å². The Bertz CT molecular complexity index is 439. The van der Waals surface area contributed by atoms with Crippen LogP contribution < -0.4 is 8.92 Å². The van der Waals surface area contributed by atoms with Crippen LogP contribution >= 0.6 is 0 Å². The maximum absolute atomic E-state index is 12.1. The molecule has 0 aromatic heterocycles. The molecule has 3 rings (SSSR count). The van der Waals surface area contributed by atoms with Crippen LogP contribution in [-0.4, -0.2) is 41.5 Å². The molecule has 1 saturated carbocycles. The van der Waals surface area contributed by atoms with Gasteiger partial charge in [-0.3, -0.25) is 0 Å². The molecule has 16 heavy (non-hydrogen) atoms. The molecule has 2 aliphatic rings.